The number of halogens is 1. The summed E-state index contributed by atoms with van der Waals surface area (Å²) < 4.78 is 18.0. The third kappa shape index (κ3) is 2.85. The van der Waals surface area contributed by atoms with E-state index >= 15 is 0 Å². The number of nitrogens with two attached hydrogens (primary N) is 1. The summed E-state index contributed by atoms with van der Waals surface area (Å²) in [6.45, 7) is -0.135. The van der Waals surface area contributed by atoms with E-state index in [2.05, 4.69) is 5.32 Å². The van der Waals surface area contributed by atoms with Crippen LogP contribution in [0.3, 0.4) is 0 Å². The third-order valence-corrected chi connectivity index (χ3v) is 2.28. The second-order valence-corrected chi connectivity index (χ2v) is 3.81. The molecule has 0 saturated heterocycles. The van der Waals surface area contributed by atoms with Crippen LogP contribution < -0.4 is 15.8 Å². The zero-order valence-electron chi connectivity index (χ0n) is 8.70. The monoisotopic (exact) mass is 224 g/mol. The summed E-state index contributed by atoms with van der Waals surface area (Å²) in [5.41, 5.74) is 5.89. The van der Waals surface area contributed by atoms with Gasteiger partial charge in [0.15, 0.2) is 6.61 Å². The number of hydrogen-bond donors (Lipinski definition) is 2. The van der Waals surface area contributed by atoms with Gasteiger partial charge in [-0.25, -0.2) is 4.39 Å². The first kappa shape index (κ1) is 10.7. The maximum Gasteiger partial charge on any atom is 0.258 e. The van der Waals surface area contributed by atoms with Crippen molar-refractivity contribution in [1.29, 1.82) is 0 Å². The molecule has 16 heavy (non-hydrogen) atoms. The minimum absolute atomic E-state index is 0.135. The van der Waals surface area contributed by atoms with Crippen LogP contribution in [0.1, 0.15) is 12.8 Å². The second kappa shape index (κ2) is 4.38. The highest BCUT2D eigenvalue weighted by Gasteiger charge is 2.23. The lowest BCUT2D eigenvalue weighted by Gasteiger charge is -2.08. The average molecular weight is 224 g/mol. The lowest BCUT2D eigenvalue weighted by Crippen LogP contribution is -2.30. The van der Waals surface area contributed by atoms with E-state index < -0.39 is 5.82 Å². The molecule has 4 nitrogen and oxygen atoms in total. The summed E-state index contributed by atoms with van der Waals surface area (Å²) in [5, 5.41) is 2.76. The zero-order chi connectivity index (χ0) is 11.5. The number of rotatable bonds is 4. The molecule has 0 unspecified atom stereocenters. The lowest BCUT2D eigenvalue weighted by atomic mass is 10.3. The summed E-state index contributed by atoms with van der Waals surface area (Å²) in [4.78, 5) is 11.3. The zero-order valence-corrected chi connectivity index (χ0v) is 8.70. The van der Waals surface area contributed by atoms with Gasteiger partial charge in [0.25, 0.3) is 5.91 Å². The maximum atomic E-state index is 12.9. The van der Waals surface area contributed by atoms with E-state index in [0.29, 0.717) is 11.7 Å². The molecule has 0 spiro atoms. The fraction of sp³-hybridized carbons (Fsp3) is 0.364. The Balaban J connectivity index is 1.87. The summed E-state index contributed by atoms with van der Waals surface area (Å²) in [6, 6.07) is 4.11. The number of carbonyl (C=O) groups is 1. The van der Waals surface area contributed by atoms with Crippen LogP contribution in [0.15, 0.2) is 18.2 Å². The molecule has 0 radical (unpaired) electrons. The molecule has 1 aliphatic rings. The van der Waals surface area contributed by atoms with Crippen LogP contribution in [0.25, 0.3) is 0 Å². The van der Waals surface area contributed by atoms with E-state index in [1.807, 2.05) is 0 Å². The normalized spacial score (nSPS) is 14.6. The van der Waals surface area contributed by atoms with Gasteiger partial charge in [-0.3, -0.25) is 4.79 Å². The molecule has 1 amide bonds. The molecule has 1 aromatic rings. The lowest BCUT2D eigenvalue weighted by molar-refractivity contribution is -0.123. The number of anilines is 1. The standard InChI is InChI=1S/C11H13FN2O2/c12-7-1-4-9(13)10(5-7)16-6-11(15)14-8-2-3-8/h1,4-5,8H,2-3,6,13H2,(H,14,15). The first-order valence-electron chi connectivity index (χ1n) is 5.12. The van der Waals surface area contributed by atoms with Crippen LogP contribution in [0.4, 0.5) is 10.1 Å². The van der Waals surface area contributed by atoms with Gasteiger partial charge >= 0.3 is 0 Å². The smallest absolute Gasteiger partial charge is 0.258 e. The van der Waals surface area contributed by atoms with E-state index in [9.17, 15) is 9.18 Å². The number of benzene rings is 1. The Kier molecular flexibility index (Phi) is 2.94. The summed E-state index contributed by atoms with van der Waals surface area (Å²) in [7, 11) is 0. The molecular weight excluding hydrogens is 211 g/mol. The van der Waals surface area contributed by atoms with Crippen molar-refractivity contribution in [2.75, 3.05) is 12.3 Å². The van der Waals surface area contributed by atoms with Crippen LogP contribution in [0, 0.1) is 5.82 Å². The molecule has 1 saturated carbocycles. The highest BCUT2D eigenvalue weighted by atomic mass is 19.1. The third-order valence-electron chi connectivity index (χ3n) is 2.28. The summed E-state index contributed by atoms with van der Waals surface area (Å²) in [6.07, 6.45) is 2.04. The van der Waals surface area contributed by atoms with Crippen LogP contribution in [-0.4, -0.2) is 18.6 Å². The summed E-state index contributed by atoms with van der Waals surface area (Å²) in [5.74, 6) is -0.441. The Hall–Kier alpha value is -1.78. The molecular formula is C11H13FN2O2. The number of carbonyl (C=O) groups excluding carboxylic acids is 1. The van der Waals surface area contributed by atoms with E-state index in [-0.39, 0.29) is 18.3 Å². The van der Waals surface area contributed by atoms with Gasteiger partial charge in [-0.2, -0.15) is 0 Å². The van der Waals surface area contributed by atoms with Crippen molar-refractivity contribution >= 4 is 11.6 Å². The van der Waals surface area contributed by atoms with Gasteiger partial charge in [0.2, 0.25) is 0 Å². The van der Waals surface area contributed by atoms with E-state index in [0.717, 1.165) is 12.8 Å². The van der Waals surface area contributed by atoms with Crippen LogP contribution in [0.2, 0.25) is 0 Å². The highest BCUT2D eigenvalue weighted by molar-refractivity contribution is 5.78. The van der Waals surface area contributed by atoms with Crippen molar-refractivity contribution in [3.63, 3.8) is 0 Å². The molecule has 0 aliphatic heterocycles. The second-order valence-electron chi connectivity index (χ2n) is 3.81. The van der Waals surface area contributed by atoms with Gasteiger partial charge in [-0.05, 0) is 25.0 Å². The Morgan fingerprint density at radius 1 is 1.56 bits per heavy atom. The van der Waals surface area contributed by atoms with Crippen molar-refractivity contribution in [3.05, 3.63) is 24.0 Å². The van der Waals surface area contributed by atoms with E-state index in [1.165, 1.54) is 18.2 Å². The molecule has 0 atom stereocenters. The maximum absolute atomic E-state index is 12.9. The molecule has 2 rings (SSSR count). The van der Waals surface area contributed by atoms with Gasteiger partial charge in [0.1, 0.15) is 11.6 Å². The number of nitrogens with one attached hydrogen (secondary N) is 1. The quantitative estimate of drug-likeness (QED) is 0.752. The van der Waals surface area contributed by atoms with Gasteiger partial charge in [-0.1, -0.05) is 0 Å². The highest BCUT2D eigenvalue weighted by Crippen LogP contribution is 2.22. The van der Waals surface area contributed by atoms with Crippen molar-refractivity contribution in [2.24, 2.45) is 0 Å². The molecule has 3 N–H and O–H groups in total. The fourth-order valence-corrected chi connectivity index (χ4v) is 1.27. The Labute approximate surface area is 92.6 Å². The number of amides is 1. The van der Waals surface area contributed by atoms with E-state index in [4.69, 9.17) is 10.5 Å². The minimum atomic E-state index is -0.438. The van der Waals surface area contributed by atoms with Crippen molar-refractivity contribution < 1.29 is 13.9 Å². The molecule has 1 aromatic carbocycles. The molecule has 0 aromatic heterocycles. The van der Waals surface area contributed by atoms with E-state index in [1.54, 1.807) is 0 Å². The number of hydrogen-bond acceptors (Lipinski definition) is 3. The molecule has 0 heterocycles. The van der Waals surface area contributed by atoms with Crippen molar-refractivity contribution in [2.45, 2.75) is 18.9 Å². The molecule has 0 bridgehead atoms. The Morgan fingerprint density at radius 2 is 2.31 bits per heavy atom. The van der Waals surface area contributed by atoms with Crippen LogP contribution in [-0.2, 0) is 4.79 Å². The van der Waals surface area contributed by atoms with Gasteiger partial charge in [0.05, 0.1) is 5.69 Å². The van der Waals surface area contributed by atoms with Crippen molar-refractivity contribution in [1.82, 2.24) is 5.32 Å². The predicted molar refractivity (Wildman–Crippen MR) is 57.5 cm³/mol. The fourth-order valence-electron chi connectivity index (χ4n) is 1.27. The van der Waals surface area contributed by atoms with Crippen LogP contribution in [0.5, 0.6) is 5.75 Å². The van der Waals surface area contributed by atoms with Gasteiger partial charge in [-0.15, -0.1) is 0 Å². The topological polar surface area (TPSA) is 64.3 Å². The Bertz CT molecular complexity index is 405. The Morgan fingerprint density at radius 3 is 3.00 bits per heavy atom. The van der Waals surface area contributed by atoms with Crippen LogP contribution >= 0.6 is 0 Å². The summed E-state index contributed by atoms with van der Waals surface area (Å²) >= 11 is 0. The largest absolute Gasteiger partial charge is 0.482 e. The SMILES string of the molecule is Nc1ccc(F)cc1OCC(=O)NC1CC1. The first-order chi connectivity index (χ1) is 7.65. The molecule has 1 fully saturated rings. The molecule has 86 valence electrons. The average Bonchev–Trinajstić information content (AvgIpc) is 3.03. The number of ether oxygens (including phenoxy) is 1. The van der Waals surface area contributed by atoms with Gasteiger partial charge < -0.3 is 15.8 Å². The number of nitrogen functional groups attached to an aromatic ring is 1. The molecule has 5 heteroatoms. The molecule has 1 aliphatic carbocycles. The minimum Gasteiger partial charge on any atom is -0.482 e. The first-order valence-corrected chi connectivity index (χ1v) is 5.12. The predicted octanol–water partition coefficient (Wildman–Crippen LogP) is 1.07. The van der Waals surface area contributed by atoms with Crippen molar-refractivity contribution in [3.8, 4) is 5.75 Å². The van der Waals surface area contributed by atoms with Gasteiger partial charge in [0, 0.05) is 12.1 Å².